The molecule has 7 heteroatoms. The Kier molecular flexibility index (Phi) is 3.71. The van der Waals surface area contributed by atoms with Crippen LogP contribution < -0.4 is 4.90 Å². The molecule has 1 N–H and O–H groups in total. The van der Waals surface area contributed by atoms with Crippen LogP contribution in [0.25, 0.3) is 0 Å². The number of non-ortho nitro benzene ring substituents is 1. The van der Waals surface area contributed by atoms with E-state index in [9.17, 15) is 19.7 Å². The minimum absolute atomic E-state index is 0.0442. The molecule has 7 nitrogen and oxygen atoms in total. The average Bonchev–Trinajstić information content (AvgIpc) is 3.06. The standard InChI is InChI=1S/C17H17N3O4/c1-9-15(11(3)21)10(2)18-16(9)17(22)19-7-6-12-4-5-13(20(23)24)8-14(12)19/h4-5,8,18H,6-7H2,1-3H3. The Morgan fingerprint density at radius 2 is 2.00 bits per heavy atom. The summed E-state index contributed by atoms with van der Waals surface area (Å²) in [6.45, 7) is 5.41. The number of amides is 1. The van der Waals surface area contributed by atoms with E-state index in [1.807, 2.05) is 0 Å². The van der Waals surface area contributed by atoms with E-state index in [1.54, 1.807) is 19.9 Å². The number of nitrogens with one attached hydrogen (secondary N) is 1. The van der Waals surface area contributed by atoms with Gasteiger partial charge in [0.15, 0.2) is 5.78 Å². The molecular formula is C17H17N3O4. The molecule has 0 saturated heterocycles. The molecule has 1 aromatic carbocycles. The van der Waals surface area contributed by atoms with E-state index in [2.05, 4.69) is 4.98 Å². The van der Waals surface area contributed by atoms with Gasteiger partial charge in [0.25, 0.3) is 11.6 Å². The van der Waals surface area contributed by atoms with Crippen LogP contribution in [0.4, 0.5) is 11.4 Å². The lowest BCUT2D eigenvalue weighted by atomic mass is 10.1. The molecule has 2 aromatic rings. The van der Waals surface area contributed by atoms with Gasteiger partial charge in [-0.05, 0) is 38.3 Å². The van der Waals surface area contributed by atoms with Gasteiger partial charge in [-0.2, -0.15) is 0 Å². The SMILES string of the molecule is CC(=O)c1c(C)[nH]c(C(=O)N2CCc3ccc([N+](=O)[O-])cc32)c1C. The Balaban J connectivity index is 2.03. The summed E-state index contributed by atoms with van der Waals surface area (Å²) in [6.07, 6.45) is 0.650. The van der Waals surface area contributed by atoms with Crippen LogP contribution >= 0.6 is 0 Å². The molecule has 24 heavy (non-hydrogen) atoms. The minimum atomic E-state index is -0.473. The fourth-order valence-corrected chi connectivity index (χ4v) is 3.32. The second-order valence-corrected chi connectivity index (χ2v) is 5.96. The molecule has 3 rings (SSSR count). The molecule has 2 heterocycles. The van der Waals surface area contributed by atoms with E-state index in [0.717, 1.165) is 5.56 Å². The van der Waals surface area contributed by atoms with Crippen molar-refractivity contribution in [3.8, 4) is 0 Å². The first kappa shape index (κ1) is 15.9. The number of H-pyrrole nitrogens is 1. The van der Waals surface area contributed by atoms with Crippen molar-refractivity contribution in [2.75, 3.05) is 11.4 Å². The third-order valence-electron chi connectivity index (χ3n) is 4.42. The maximum absolute atomic E-state index is 12.9. The first-order chi connectivity index (χ1) is 11.3. The highest BCUT2D eigenvalue weighted by Gasteiger charge is 2.30. The van der Waals surface area contributed by atoms with Gasteiger partial charge in [0.1, 0.15) is 5.69 Å². The lowest BCUT2D eigenvalue weighted by molar-refractivity contribution is -0.384. The number of anilines is 1. The van der Waals surface area contributed by atoms with Crippen LogP contribution in [0.5, 0.6) is 0 Å². The molecular weight excluding hydrogens is 310 g/mol. The van der Waals surface area contributed by atoms with Crippen molar-refractivity contribution in [1.29, 1.82) is 0 Å². The lowest BCUT2D eigenvalue weighted by Crippen LogP contribution is -2.29. The maximum atomic E-state index is 12.9. The predicted octanol–water partition coefficient (Wildman–Crippen LogP) is 2.95. The van der Waals surface area contributed by atoms with Crippen LogP contribution in [-0.2, 0) is 6.42 Å². The number of aryl methyl sites for hydroxylation is 1. The summed E-state index contributed by atoms with van der Waals surface area (Å²) in [5, 5.41) is 11.0. The van der Waals surface area contributed by atoms with Crippen LogP contribution in [0, 0.1) is 24.0 Å². The number of benzene rings is 1. The van der Waals surface area contributed by atoms with Crippen molar-refractivity contribution in [2.24, 2.45) is 0 Å². The number of hydrogen-bond acceptors (Lipinski definition) is 4. The highest BCUT2D eigenvalue weighted by Crippen LogP contribution is 2.33. The van der Waals surface area contributed by atoms with E-state index in [-0.39, 0.29) is 17.4 Å². The normalized spacial score (nSPS) is 13.0. The molecule has 0 radical (unpaired) electrons. The number of carbonyl (C=O) groups is 2. The first-order valence-electron chi connectivity index (χ1n) is 7.60. The molecule has 0 atom stereocenters. The molecule has 0 bridgehead atoms. The first-order valence-corrected chi connectivity index (χ1v) is 7.60. The second kappa shape index (κ2) is 5.59. The van der Waals surface area contributed by atoms with Gasteiger partial charge in [-0.15, -0.1) is 0 Å². The second-order valence-electron chi connectivity index (χ2n) is 5.96. The van der Waals surface area contributed by atoms with Crippen molar-refractivity contribution in [2.45, 2.75) is 27.2 Å². The Morgan fingerprint density at radius 1 is 1.29 bits per heavy atom. The maximum Gasteiger partial charge on any atom is 0.275 e. The van der Waals surface area contributed by atoms with Gasteiger partial charge in [-0.1, -0.05) is 6.07 Å². The van der Waals surface area contributed by atoms with Crippen molar-refractivity contribution in [3.05, 3.63) is 56.4 Å². The third-order valence-corrected chi connectivity index (χ3v) is 4.42. The zero-order valence-corrected chi connectivity index (χ0v) is 13.7. The number of fused-ring (bicyclic) bond motifs is 1. The molecule has 124 valence electrons. The van der Waals surface area contributed by atoms with Crippen molar-refractivity contribution >= 4 is 23.1 Å². The van der Waals surface area contributed by atoms with Gasteiger partial charge in [0.05, 0.1) is 10.6 Å². The van der Waals surface area contributed by atoms with Crippen molar-refractivity contribution < 1.29 is 14.5 Å². The van der Waals surface area contributed by atoms with Crippen LogP contribution in [0.2, 0.25) is 0 Å². The summed E-state index contributed by atoms with van der Waals surface area (Å²) in [6, 6.07) is 4.57. The average molecular weight is 327 g/mol. The van der Waals surface area contributed by atoms with Crippen molar-refractivity contribution in [1.82, 2.24) is 4.98 Å². The zero-order valence-electron chi connectivity index (χ0n) is 13.7. The molecule has 1 amide bonds. The largest absolute Gasteiger partial charge is 0.354 e. The zero-order chi connectivity index (χ0) is 17.6. The third kappa shape index (κ3) is 2.38. The van der Waals surface area contributed by atoms with Crippen molar-refractivity contribution in [3.63, 3.8) is 0 Å². The van der Waals surface area contributed by atoms with Gasteiger partial charge in [-0.25, -0.2) is 0 Å². The quantitative estimate of drug-likeness (QED) is 0.532. The fourth-order valence-electron chi connectivity index (χ4n) is 3.32. The highest BCUT2D eigenvalue weighted by molar-refractivity contribution is 6.09. The van der Waals surface area contributed by atoms with Crippen LogP contribution in [0.1, 0.15) is 44.6 Å². The van der Waals surface area contributed by atoms with Crippen LogP contribution in [0.3, 0.4) is 0 Å². The molecule has 0 unspecified atom stereocenters. The monoisotopic (exact) mass is 327 g/mol. The van der Waals surface area contributed by atoms with Gasteiger partial charge in [-0.3, -0.25) is 19.7 Å². The smallest absolute Gasteiger partial charge is 0.275 e. The Bertz CT molecular complexity index is 882. The number of Topliss-reactive ketones (excluding diaryl/α,β-unsaturated/α-hetero) is 1. The van der Waals surface area contributed by atoms with E-state index >= 15 is 0 Å². The summed E-state index contributed by atoms with van der Waals surface area (Å²) >= 11 is 0. The molecule has 1 aliphatic heterocycles. The summed E-state index contributed by atoms with van der Waals surface area (Å²) in [5.74, 6) is -0.375. The number of aromatic nitrogens is 1. The Labute approximate surface area is 138 Å². The lowest BCUT2D eigenvalue weighted by Gasteiger charge is -2.17. The number of hydrogen-bond donors (Lipinski definition) is 1. The number of nitro benzene ring substituents is 1. The van der Waals surface area contributed by atoms with Crippen LogP contribution in [-0.4, -0.2) is 28.1 Å². The highest BCUT2D eigenvalue weighted by atomic mass is 16.6. The minimum Gasteiger partial charge on any atom is -0.354 e. The van der Waals surface area contributed by atoms with Gasteiger partial charge in [0, 0.05) is 29.9 Å². The molecule has 0 aliphatic carbocycles. The number of nitro groups is 1. The molecule has 1 aromatic heterocycles. The van der Waals surface area contributed by atoms with E-state index in [0.29, 0.717) is 41.2 Å². The topological polar surface area (TPSA) is 96.3 Å². The number of nitrogens with zero attached hydrogens (tertiary/aromatic N) is 2. The number of rotatable bonds is 3. The summed E-state index contributed by atoms with van der Waals surface area (Å²) < 4.78 is 0. The molecule has 0 fully saturated rings. The molecule has 0 saturated carbocycles. The Morgan fingerprint density at radius 3 is 2.58 bits per heavy atom. The summed E-state index contributed by atoms with van der Waals surface area (Å²) in [4.78, 5) is 39.7. The predicted molar refractivity (Wildman–Crippen MR) is 88.7 cm³/mol. The summed E-state index contributed by atoms with van der Waals surface area (Å²) in [7, 11) is 0. The number of aromatic amines is 1. The summed E-state index contributed by atoms with van der Waals surface area (Å²) in [5.41, 5.74) is 3.57. The van der Waals surface area contributed by atoms with Crippen LogP contribution in [0.15, 0.2) is 18.2 Å². The molecule has 1 aliphatic rings. The number of ketones is 1. The Hall–Kier alpha value is -2.96. The van der Waals surface area contributed by atoms with Gasteiger partial charge < -0.3 is 9.88 Å². The van der Waals surface area contributed by atoms with Gasteiger partial charge in [0.2, 0.25) is 0 Å². The molecule has 0 spiro atoms. The van der Waals surface area contributed by atoms with E-state index < -0.39 is 4.92 Å². The van der Waals surface area contributed by atoms with E-state index in [1.165, 1.54) is 24.0 Å². The fraction of sp³-hybridized carbons (Fsp3) is 0.294. The number of carbonyl (C=O) groups excluding carboxylic acids is 2. The van der Waals surface area contributed by atoms with Gasteiger partial charge >= 0.3 is 0 Å². The van der Waals surface area contributed by atoms with E-state index in [4.69, 9.17) is 0 Å².